The molecule has 7 nitrogen and oxygen atoms in total. The topological polar surface area (TPSA) is 61.4 Å². The summed E-state index contributed by atoms with van der Waals surface area (Å²) in [4.78, 5) is 9.64. The van der Waals surface area contributed by atoms with E-state index in [0.29, 0.717) is 12.1 Å². The summed E-state index contributed by atoms with van der Waals surface area (Å²) >= 11 is 0. The Morgan fingerprint density at radius 1 is 1.10 bits per heavy atom. The van der Waals surface area contributed by atoms with Crippen molar-refractivity contribution in [1.29, 1.82) is 0 Å². The summed E-state index contributed by atoms with van der Waals surface area (Å²) in [5.74, 6) is 1.02. The van der Waals surface area contributed by atoms with Crippen LogP contribution < -0.4 is 10.6 Å². The Hall–Kier alpha value is -1.67. The van der Waals surface area contributed by atoms with Crippen LogP contribution in [0.1, 0.15) is 37.8 Å². The first kappa shape index (κ1) is 22.5. The van der Waals surface area contributed by atoms with Crippen LogP contribution in [0.25, 0.3) is 0 Å². The summed E-state index contributed by atoms with van der Waals surface area (Å²) in [5.41, 5.74) is 1.33. The Labute approximate surface area is 187 Å². The lowest BCUT2D eigenvalue weighted by atomic mass is 9.88. The highest BCUT2D eigenvalue weighted by Gasteiger charge is 2.35. The molecule has 172 valence electrons. The SMILES string of the molecule is CN=C(NCC1(NC(C)c2ccccc2)CCOCC1)N1CCC(N2CCOCC2)C1. The molecule has 0 radical (unpaired) electrons. The van der Waals surface area contributed by atoms with E-state index in [0.717, 1.165) is 78.0 Å². The smallest absolute Gasteiger partial charge is 0.193 e. The molecule has 3 aliphatic heterocycles. The molecule has 3 fully saturated rings. The number of nitrogens with one attached hydrogen (secondary N) is 2. The molecule has 0 bridgehead atoms. The molecule has 3 aliphatic rings. The van der Waals surface area contributed by atoms with Crippen LogP contribution in [-0.2, 0) is 9.47 Å². The van der Waals surface area contributed by atoms with Crippen molar-refractivity contribution in [1.82, 2.24) is 20.4 Å². The normalized spacial score (nSPS) is 26.1. The Morgan fingerprint density at radius 3 is 2.52 bits per heavy atom. The third-order valence-electron chi connectivity index (χ3n) is 7.09. The van der Waals surface area contributed by atoms with Gasteiger partial charge in [-0.3, -0.25) is 9.89 Å². The summed E-state index contributed by atoms with van der Waals surface area (Å²) in [7, 11) is 1.90. The molecule has 0 saturated carbocycles. The van der Waals surface area contributed by atoms with E-state index in [1.807, 2.05) is 7.05 Å². The second kappa shape index (κ2) is 10.8. The molecule has 2 N–H and O–H groups in total. The lowest BCUT2D eigenvalue weighted by molar-refractivity contribution is 0.0194. The maximum atomic E-state index is 5.70. The van der Waals surface area contributed by atoms with Gasteiger partial charge in [-0.05, 0) is 31.7 Å². The van der Waals surface area contributed by atoms with Crippen molar-refractivity contribution in [3.05, 3.63) is 35.9 Å². The number of likely N-dealkylation sites (tertiary alicyclic amines) is 1. The van der Waals surface area contributed by atoms with Crippen molar-refractivity contribution < 1.29 is 9.47 Å². The second-order valence-corrected chi connectivity index (χ2v) is 9.11. The third-order valence-corrected chi connectivity index (χ3v) is 7.09. The number of nitrogens with zero attached hydrogens (tertiary/aromatic N) is 3. The van der Waals surface area contributed by atoms with Crippen LogP contribution in [-0.4, -0.2) is 93.5 Å². The fourth-order valence-electron chi connectivity index (χ4n) is 5.17. The molecule has 3 saturated heterocycles. The first-order valence-corrected chi connectivity index (χ1v) is 11.9. The van der Waals surface area contributed by atoms with Crippen LogP contribution in [0, 0.1) is 0 Å². The fraction of sp³-hybridized carbons (Fsp3) is 0.708. The largest absolute Gasteiger partial charge is 0.381 e. The zero-order valence-corrected chi connectivity index (χ0v) is 19.2. The zero-order valence-electron chi connectivity index (χ0n) is 19.2. The standard InChI is InChI=1S/C24H39N5O2/c1-20(21-6-4-3-5-7-21)27-24(9-14-30-15-10-24)19-26-23(25-2)29-11-8-22(18-29)28-12-16-31-17-13-28/h3-7,20,22,27H,8-19H2,1-2H3,(H,25,26). The number of aliphatic imine (C=N–C) groups is 1. The van der Waals surface area contributed by atoms with Gasteiger partial charge in [-0.2, -0.15) is 0 Å². The van der Waals surface area contributed by atoms with Crippen molar-refractivity contribution in [3.8, 4) is 0 Å². The van der Waals surface area contributed by atoms with Crippen LogP contribution in [0.3, 0.4) is 0 Å². The van der Waals surface area contributed by atoms with Crippen LogP contribution in [0.5, 0.6) is 0 Å². The van der Waals surface area contributed by atoms with Gasteiger partial charge in [-0.15, -0.1) is 0 Å². The molecule has 2 atom stereocenters. The van der Waals surface area contributed by atoms with Crippen LogP contribution in [0.15, 0.2) is 35.3 Å². The third kappa shape index (κ3) is 5.77. The maximum Gasteiger partial charge on any atom is 0.193 e. The molecule has 4 rings (SSSR count). The van der Waals surface area contributed by atoms with E-state index in [1.54, 1.807) is 0 Å². The van der Waals surface area contributed by atoms with Gasteiger partial charge in [0.1, 0.15) is 0 Å². The second-order valence-electron chi connectivity index (χ2n) is 9.11. The quantitative estimate of drug-likeness (QED) is 0.532. The van der Waals surface area contributed by atoms with Gasteiger partial charge in [-0.1, -0.05) is 30.3 Å². The molecule has 0 amide bonds. The van der Waals surface area contributed by atoms with E-state index < -0.39 is 0 Å². The van der Waals surface area contributed by atoms with Crippen molar-refractivity contribution in [2.45, 2.75) is 43.8 Å². The molecule has 1 aromatic carbocycles. The minimum Gasteiger partial charge on any atom is -0.381 e. The highest BCUT2D eigenvalue weighted by molar-refractivity contribution is 5.80. The van der Waals surface area contributed by atoms with Crippen molar-refractivity contribution in [2.75, 3.05) is 66.2 Å². The molecule has 0 aromatic heterocycles. The van der Waals surface area contributed by atoms with Gasteiger partial charge in [0.05, 0.1) is 13.2 Å². The van der Waals surface area contributed by atoms with Crippen LogP contribution >= 0.6 is 0 Å². The maximum absolute atomic E-state index is 5.70. The Kier molecular flexibility index (Phi) is 7.82. The average Bonchev–Trinajstić information content (AvgIpc) is 3.31. The minimum absolute atomic E-state index is 0.00673. The van der Waals surface area contributed by atoms with Crippen molar-refractivity contribution in [3.63, 3.8) is 0 Å². The van der Waals surface area contributed by atoms with Crippen LogP contribution in [0.4, 0.5) is 0 Å². The van der Waals surface area contributed by atoms with Gasteiger partial charge in [0.25, 0.3) is 0 Å². The van der Waals surface area contributed by atoms with Gasteiger partial charge in [0.15, 0.2) is 5.96 Å². The lowest BCUT2D eigenvalue weighted by Gasteiger charge is -2.41. The number of morpholine rings is 1. The van der Waals surface area contributed by atoms with Crippen molar-refractivity contribution in [2.24, 2.45) is 4.99 Å². The summed E-state index contributed by atoms with van der Waals surface area (Å²) in [6, 6.07) is 11.6. The van der Waals surface area contributed by atoms with Crippen molar-refractivity contribution >= 4 is 5.96 Å². The van der Waals surface area contributed by atoms with Gasteiger partial charge in [0.2, 0.25) is 0 Å². The molecule has 7 heteroatoms. The van der Waals surface area contributed by atoms with E-state index >= 15 is 0 Å². The van der Waals surface area contributed by atoms with E-state index in [-0.39, 0.29) is 5.54 Å². The molecular weight excluding hydrogens is 390 g/mol. The average molecular weight is 430 g/mol. The predicted molar refractivity (Wildman–Crippen MR) is 125 cm³/mol. The van der Waals surface area contributed by atoms with Crippen LogP contribution in [0.2, 0.25) is 0 Å². The van der Waals surface area contributed by atoms with Gasteiger partial charge in [0, 0.05) is 70.6 Å². The minimum atomic E-state index is 0.00673. The van der Waals surface area contributed by atoms with E-state index in [2.05, 4.69) is 62.7 Å². The highest BCUT2D eigenvalue weighted by atomic mass is 16.5. The molecular formula is C24H39N5O2. The molecule has 1 aromatic rings. The van der Waals surface area contributed by atoms with Gasteiger partial charge in [-0.25, -0.2) is 0 Å². The first-order valence-electron chi connectivity index (χ1n) is 11.9. The molecule has 0 aliphatic carbocycles. The summed E-state index contributed by atoms with van der Waals surface area (Å²) < 4.78 is 11.2. The first-order chi connectivity index (χ1) is 15.2. The van der Waals surface area contributed by atoms with E-state index in [9.17, 15) is 0 Å². The Balaban J connectivity index is 1.36. The van der Waals surface area contributed by atoms with Gasteiger partial charge < -0.3 is 25.0 Å². The fourth-order valence-corrected chi connectivity index (χ4v) is 5.17. The number of benzene rings is 1. The Morgan fingerprint density at radius 2 is 1.81 bits per heavy atom. The number of hydrogen-bond acceptors (Lipinski definition) is 5. The monoisotopic (exact) mass is 429 g/mol. The highest BCUT2D eigenvalue weighted by Crippen LogP contribution is 2.25. The number of hydrogen-bond donors (Lipinski definition) is 2. The summed E-state index contributed by atoms with van der Waals surface area (Å²) in [5, 5.41) is 7.66. The number of guanidine groups is 1. The van der Waals surface area contributed by atoms with Gasteiger partial charge >= 0.3 is 0 Å². The molecule has 0 spiro atoms. The number of ether oxygens (including phenoxy) is 2. The molecule has 3 heterocycles. The Bertz CT molecular complexity index is 701. The summed E-state index contributed by atoms with van der Waals surface area (Å²) in [6.45, 7) is 10.7. The molecule has 2 unspecified atom stereocenters. The predicted octanol–water partition coefficient (Wildman–Crippen LogP) is 1.87. The number of rotatable bonds is 6. The van der Waals surface area contributed by atoms with E-state index in [4.69, 9.17) is 9.47 Å². The zero-order chi connectivity index (χ0) is 21.5. The van der Waals surface area contributed by atoms with E-state index in [1.165, 1.54) is 12.0 Å². The summed E-state index contributed by atoms with van der Waals surface area (Å²) in [6.07, 6.45) is 3.21. The molecule has 31 heavy (non-hydrogen) atoms. The lowest BCUT2D eigenvalue weighted by Crippen LogP contribution is -2.58.